The first-order chi connectivity index (χ1) is 8.55. The molecule has 0 aliphatic heterocycles. The molecular weight excluding hydrogens is 236 g/mol. The van der Waals surface area contributed by atoms with Crippen LogP contribution in [0.3, 0.4) is 0 Å². The van der Waals surface area contributed by atoms with Gasteiger partial charge < -0.3 is 9.47 Å². The van der Waals surface area contributed by atoms with E-state index in [2.05, 4.69) is 0 Å². The Kier molecular flexibility index (Phi) is 2.69. The Labute approximate surface area is 104 Å². The second kappa shape index (κ2) is 3.94. The molecule has 0 amide bonds. The maximum Gasteiger partial charge on any atom is 0.325 e. The fourth-order valence-corrected chi connectivity index (χ4v) is 2.45. The highest BCUT2D eigenvalue weighted by Crippen LogP contribution is 2.52. The number of allylic oxidation sites excluding steroid dienone is 3. The number of carbonyl (C=O) groups excluding carboxylic acids is 3. The first kappa shape index (κ1) is 12.3. The molecule has 5 nitrogen and oxygen atoms in total. The summed E-state index contributed by atoms with van der Waals surface area (Å²) in [5.41, 5.74) is -3.12. The third-order valence-corrected chi connectivity index (χ3v) is 3.39. The van der Waals surface area contributed by atoms with Gasteiger partial charge in [0.2, 0.25) is 0 Å². The molecule has 2 rings (SSSR count). The molecule has 2 aliphatic rings. The largest absolute Gasteiger partial charge is 0.468 e. The van der Waals surface area contributed by atoms with Gasteiger partial charge >= 0.3 is 11.9 Å². The Hall–Kier alpha value is -2.17. The Morgan fingerprint density at radius 1 is 1.00 bits per heavy atom. The van der Waals surface area contributed by atoms with Crippen LogP contribution in [0.5, 0.6) is 0 Å². The van der Waals surface area contributed by atoms with Gasteiger partial charge in [0.15, 0.2) is 11.2 Å². The van der Waals surface area contributed by atoms with E-state index in [1.54, 1.807) is 12.2 Å². The minimum atomic E-state index is -1.68. The van der Waals surface area contributed by atoms with E-state index in [4.69, 9.17) is 9.47 Å². The lowest BCUT2D eigenvalue weighted by atomic mass is 9.62. The van der Waals surface area contributed by atoms with Gasteiger partial charge in [-0.1, -0.05) is 30.4 Å². The van der Waals surface area contributed by atoms with Crippen molar-refractivity contribution < 1.29 is 23.9 Å². The van der Waals surface area contributed by atoms with Crippen molar-refractivity contribution in [3.63, 3.8) is 0 Å². The van der Waals surface area contributed by atoms with E-state index in [1.165, 1.54) is 38.5 Å². The Morgan fingerprint density at radius 3 is 2.22 bits per heavy atom. The Bertz CT molecular complexity index is 509. The van der Waals surface area contributed by atoms with Crippen LogP contribution in [0.15, 0.2) is 36.5 Å². The monoisotopic (exact) mass is 248 g/mol. The van der Waals surface area contributed by atoms with Crippen LogP contribution in [0.2, 0.25) is 0 Å². The van der Waals surface area contributed by atoms with Gasteiger partial charge in [-0.2, -0.15) is 0 Å². The highest BCUT2D eigenvalue weighted by molar-refractivity contribution is 6.19. The summed E-state index contributed by atoms with van der Waals surface area (Å²) in [6.45, 7) is 0. The molecule has 2 unspecified atom stereocenters. The Balaban J connectivity index is 2.68. The van der Waals surface area contributed by atoms with Crippen molar-refractivity contribution in [2.75, 3.05) is 14.2 Å². The number of carbonyl (C=O) groups is 3. The van der Waals surface area contributed by atoms with E-state index in [1.807, 2.05) is 0 Å². The fraction of sp³-hybridized carbons (Fsp3) is 0.308. The topological polar surface area (TPSA) is 69.7 Å². The second-order valence-electron chi connectivity index (χ2n) is 4.08. The van der Waals surface area contributed by atoms with Gasteiger partial charge in [-0.25, -0.2) is 0 Å². The van der Waals surface area contributed by atoms with Crippen LogP contribution in [-0.4, -0.2) is 31.9 Å². The maximum absolute atomic E-state index is 12.1. The molecule has 0 fully saturated rings. The molecule has 0 radical (unpaired) electrons. The van der Waals surface area contributed by atoms with E-state index < -0.39 is 28.6 Å². The summed E-state index contributed by atoms with van der Waals surface area (Å²) in [6, 6.07) is 0. The molecule has 0 heterocycles. The number of ketones is 1. The summed E-state index contributed by atoms with van der Waals surface area (Å²) in [5.74, 6) is -1.93. The van der Waals surface area contributed by atoms with Gasteiger partial charge in [-0.3, -0.25) is 14.4 Å². The molecule has 18 heavy (non-hydrogen) atoms. The predicted octanol–water partition coefficient (Wildman–Crippen LogP) is 0.570. The minimum absolute atomic E-state index is 0.486. The van der Waals surface area contributed by atoms with E-state index in [0.29, 0.717) is 0 Å². The molecule has 94 valence electrons. The number of hydrogen-bond acceptors (Lipinski definition) is 5. The van der Waals surface area contributed by atoms with Crippen LogP contribution < -0.4 is 0 Å². The standard InChI is InChI=1S/C13H12O5/c1-17-10(15)12-6-3-4-7-13(12,11(16)18-2)9(14)5-8-12/h3-8H,1-2H3. The van der Waals surface area contributed by atoms with E-state index in [9.17, 15) is 14.4 Å². The molecule has 0 bridgehead atoms. The molecule has 2 atom stereocenters. The number of esters is 2. The van der Waals surface area contributed by atoms with Crippen molar-refractivity contribution >= 4 is 17.7 Å². The lowest BCUT2D eigenvalue weighted by Gasteiger charge is -2.37. The quantitative estimate of drug-likeness (QED) is 0.528. The predicted molar refractivity (Wildman–Crippen MR) is 61.3 cm³/mol. The van der Waals surface area contributed by atoms with Gasteiger partial charge in [0, 0.05) is 0 Å². The van der Waals surface area contributed by atoms with E-state index in [0.717, 1.165) is 0 Å². The highest BCUT2D eigenvalue weighted by atomic mass is 16.5. The van der Waals surface area contributed by atoms with Crippen molar-refractivity contribution in [2.24, 2.45) is 10.8 Å². The molecule has 0 aromatic rings. The number of rotatable bonds is 2. The average molecular weight is 248 g/mol. The van der Waals surface area contributed by atoms with Crippen molar-refractivity contribution in [3.8, 4) is 0 Å². The molecule has 0 aromatic carbocycles. The fourth-order valence-electron chi connectivity index (χ4n) is 2.45. The third-order valence-electron chi connectivity index (χ3n) is 3.39. The average Bonchev–Trinajstić information content (AvgIpc) is 2.73. The zero-order chi connectivity index (χ0) is 13.4. The molecule has 2 aliphatic carbocycles. The van der Waals surface area contributed by atoms with E-state index >= 15 is 0 Å². The van der Waals surface area contributed by atoms with Gasteiger partial charge in [0.05, 0.1) is 14.2 Å². The Morgan fingerprint density at radius 2 is 1.61 bits per heavy atom. The zero-order valence-corrected chi connectivity index (χ0v) is 10.0. The first-order valence-corrected chi connectivity index (χ1v) is 5.33. The van der Waals surface area contributed by atoms with Crippen molar-refractivity contribution in [3.05, 3.63) is 36.5 Å². The lowest BCUT2D eigenvalue weighted by molar-refractivity contribution is -0.167. The van der Waals surface area contributed by atoms with Crippen molar-refractivity contribution in [1.82, 2.24) is 0 Å². The molecule has 0 aromatic heterocycles. The van der Waals surface area contributed by atoms with Gasteiger partial charge in [-0.05, 0) is 6.08 Å². The summed E-state index contributed by atoms with van der Waals surface area (Å²) < 4.78 is 9.42. The molecule has 0 spiro atoms. The summed E-state index contributed by atoms with van der Waals surface area (Å²) in [7, 11) is 2.39. The number of fused-ring (bicyclic) bond motifs is 1. The number of ether oxygens (including phenoxy) is 2. The normalized spacial score (nSPS) is 32.2. The van der Waals surface area contributed by atoms with Crippen LogP contribution in [0, 0.1) is 10.8 Å². The molecule has 5 heteroatoms. The number of methoxy groups -OCH3 is 2. The SMILES string of the molecule is COC(=O)C12C=CC=CC1(C(=O)OC)C(=O)C=C2. The van der Waals surface area contributed by atoms with Gasteiger partial charge in [0.1, 0.15) is 5.41 Å². The molecular formula is C13H12O5. The smallest absolute Gasteiger partial charge is 0.325 e. The third kappa shape index (κ3) is 1.19. The summed E-state index contributed by atoms with van der Waals surface area (Å²) in [6.07, 6.45) is 8.62. The van der Waals surface area contributed by atoms with Gasteiger partial charge in [0.25, 0.3) is 0 Å². The molecule has 0 saturated carbocycles. The summed E-state index contributed by atoms with van der Waals surface area (Å²) in [5, 5.41) is 0. The zero-order valence-electron chi connectivity index (χ0n) is 10.0. The number of hydrogen-bond donors (Lipinski definition) is 0. The second-order valence-corrected chi connectivity index (χ2v) is 4.08. The van der Waals surface area contributed by atoms with Gasteiger partial charge in [-0.15, -0.1) is 0 Å². The lowest BCUT2D eigenvalue weighted by Crippen LogP contribution is -2.52. The van der Waals surface area contributed by atoms with Crippen molar-refractivity contribution in [2.45, 2.75) is 0 Å². The van der Waals surface area contributed by atoms with Crippen LogP contribution in [-0.2, 0) is 23.9 Å². The van der Waals surface area contributed by atoms with Crippen LogP contribution in [0.4, 0.5) is 0 Å². The highest BCUT2D eigenvalue weighted by Gasteiger charge is 2.66. The van der Waals surface area contributed by atoms with Crippen LogP contribution in [0.25, 0.3) is 0 Å². The molecule has 0 saturated heterocycles. The minimum Gasteiger partial charge on any atom is -0.468 e. The van der Waals surface area contributed by atoms with Crippen molar-refractivity contribution in [1.29, 1.82) is 0 Å². The molecule has 0 N–H and O–H groups in total. The van der Waals surface area contributed by atoms with E-state index in [-0.39, 0.29) is 0 Å². The maximum atomic E-state index is 12.1. The van der Waals surface area contributed by atoms with Crippen LogP contribution >= 0.6 is 0 Å². The first-order valence-electron chi connectivity index (χ1n) is 5.33. The summed E-state index contributed by atoms with van der Waals surface area (Å²) >= 11 is 0. The van der Waals surface area contributed by atoms with Crippen LogP contribution in [0.1, 0.15) is 0 Å². The summed E-state index contributed by atoms with van der Waals surface area (Å²) in [4.78, 5) is 36.1.